The van der Waals surface area contributed by atoms with Gasteiger partial charge in [-0.1, -0.05) is 0 Å². The van der Waals surface area contributed by atoms with Crippen LogP contribution in [-0.4, -0.2) is 5.94 Å². The number of carbonyl (C=O) groups excluding carboxylic acids is 1. The highest BCUT2D eigenvalue weighted by Crippen LogP contribution is 2.33. The van der Waals surface area contributed by atoms with Crippen molar-refractivity contribution in [1.29, 1.82) is 0 Å². The topological polar surface area (TPSA) is 37.0 Å². The fourth-order valence-electron chi connectivity index (χ4n) is 0.626. The summed E-state index contributed by atoms with van der Waals surface area (Å²) in [6.45, 7) is 0. The first-order valence-electron chi connectivity index (χ1n) is 2.74. The molecule has 0 amide bonds. The zero-order chi connectivity index (χ0) is 5.98. The molecule has 1 saturated carbocycles. The first kappa shape index (κ1) is 5.39. The Labute approximate surface area is 47.8 Å². The molecule has 0 unspecified atom stereocenters. The highest BCUT2D eigenvalue weighted by Gasteiger charge is 2.23. The Morgan fingerprint density at radius 1 is 1.62 bits per heavy atom. The second-order valence-electron chi connectivity index (χ2n) is 2.17. The van der Waals surface area contributed by atoms with Crippen LogP contribution in [0.1, 0.15) is 19.3 Å². The highest BCUT2D eigenvalue weighted by molar-refractivity contribution is 5.48. The quantitative estimate of drug-likeness (QED) is 0.386. The zero-order valence-corrected chi connectivity index (χ0v) is 4.52. The summed E-state index contributed by atoms with van der Waals surface area (Å²) in [6, 6.07) is 0. The molecule has 1 radical (unpaired) electrons. The van der Waals surface area contributed by atoms with E-state index in [1.807, 2.05) is 0 Å². The van der Waals surface area contributed by atoms with Crippen LogP contribution in [0.25, 0.3) is 0 Å². The van der Waals surface area contributed by atoms with Crippen molar-refractivity contribution in [1.82, 2.24) is 0 Å². The van der Waals surface area contributed by atoms with Crippen molar-refractivity contribution in [3.8, 4) is 0 Å². The minimum absolute atomic E-state index is 0.368. The molecule has 0 atom stereocenters. The van der Waals surface area contributed by atoms with Crippen LogP contribution in [0.4, 0.5) is 0 Å². The molecule has 0 aromatic carbocycles. The van der Waals surface area contributed by atoms with Crippen molar-refractivity contribution in [3.63, 3.8) is 0 Å². The molecule has 2 nitrogen and oxygen atoms in total. The third-order valence-electron chi connectivity index (χ3n) is 1.28. The molecule has 1 aliphatic carbocycles. The van der Waals surface area contributed by atoms with E-state index in [2.05, 4.69) is 0 Å². The summed E-state index contributed by atoms with van der Waals surface area (Å²) in [5.74, 6) is 1.50. The van der Waals surface area contributed by atoms with Gasteiger partial charge in [0.15, 0.2) is 5.94 Å². The lowest BCUT2D eigenvalue weighted by Crippen LogP contribution is -1.80. The SMILES string of the molecule is [O]C(=C=O)CC1CC1. The Hall–Kier alpha value is -0.750. The predicted molar refractivity (Wildman–Crippen MR) is 27.2 cm³/mol. The predicted octanol–water partition coefficient (Wildman–Crippen LogP) is 0.932. The van der Waals surface area contributed by atoms with Crippen molar-refractivity contribution in [3.05, 3.63) is 5.76 Å². The van der Waals surface area contributed by atoms with Gasteiger partial charge >= 0.3 is 0 Å². The molecule has 2 heteroatoms. The van der Waals surface area contributed by atoms with Gasteiger partial charge in [-0.2, -0.15) is 0 Å². The Kier molecular flexibility index (Phi) is 1.36. The van der Waals surface area contributed by atoms with Gasteiger partial charge < -0.3 is 0 Å². The molecule has 1 fully saturated rings. The maximum absolute atomic E-state index is 10.2. The molecule has 1 rings (SSSR count). The molecule has 0 aliphatic heterocycles. The third-order valence-corrected chi connectivity index (χ3v) is 1.28. The summed E-state index contributed by atoms with van der Waals surface area (Å²) in [4.78, 5) is 9.59. The zero-order valence-electron chi connectivity index (χ0n) is 4.52. The molecule has 1 aliphatic rings. The van der Waals surface area contributed by atoms with Crippen molar-refractivity contribution >= 4 is 5.94 Å². The Balaban J connectivity index is 2.26. The van der Waals surface area contributed by atoms with Crippen LogP contribution in [0.15, 0.2) is 5.76 Å². The van der Waals surface area contributed by atoms with E-state index in [1.165, 1.54) is 5.94 Å². The fourth-order valence-corrected chi connectivity index (χ4v) is 0.626. The van der Waals surface area contributed by atoms with Gasteiger partial charge in [0.25, 0.3) is 0 Å². The smallest absolute Gasteiger partial charge is 0.238 e. The summed E-state index contributed by atoms with van der Waals surface area (Å²) in [5.41, 5.74) is 0. The average molecular weight is 111 g/mol. The summed E-state index contributed by atoms with van der Waals surface area (Å²) >= 11 is 0. The van der Waals surface area contributed by atoms with E-state index in [0.717, 1.165) is 12.8 Å². The number of hydrogen-bond donors (Lipinski definition) is 0. The minimum Gasteiger partial charge on any atom is -0.282 e. The van der Waals surface area contributed by atoms with Crippen LogP contribution in [0.3, 0.4) is 0 Å². The maximum Gasteiger partial charge on any atom is 0.238 e. The van der Waals surface area contributed by atoms with Gasteiger partial charge in [0.2, 0.25) is 5.76 Å². The van der Waals surface area contributed by atoms with Gasteiger partial charge in [-0.25, -0.2) is 4.79 Å². The van der Waals surface area contributed by atoms with Crippen LogP contribution in [0.2, 0.25) is 0 Å². The fraction of sp³-hybridized carbons (Fsp3) is 0.667. The van der Waals surface area contributed by atoms with Crippen LogP contribution in [0.5, 0.6) is 0 Å². The number of allylic oxidation sites excluding steroid dienone is 1. The normalized spacial score (nSPS) is 17.5. The van der Waals surface area contributed by atoms with Gasteiger partial charge in [-0.15, -0.1) is 0 Å². The summed E-state index contributed by atoms with van der Waals surface area (Å²) < 4.78 is 0. The number of rotatable bonds is 2. The number of hydrogen-bond acceptors (Lipinski definition) is 1. The van der Waals surface area contributed by atoms with E-state index in [4.69, 9.17) is 0 Å². The van der Waals surface area contributed by atoms with Crippen molar-refractivity contribution in [2.75, 3.05) is 0 Å². The first-order chi connectivity index (χ1) is 3.83. The molecule has 0 bridgehead atoms. The van der Waals surface area contributed by atoms with Gasteiger partial charge in [-0.05, 0) is 18.8 Å². The van der Waals surface area contributed by atoms with Crippen molar-refractivity contribution in [2.24, 2.45) is 5.92 Å². The molecule has 43 valence electrons. The maximum atomic E-state index is 10.2. The van der Waals surface area contributed by atoms with E-state index in [0.29, 0.717) is 12.3 Å². The standard InChI is InChI=1S/C6H7O2/c7-4-6(8)3-5-1-2-5/h5H,1-3H2. The lowest BCUT2D eigenvalue weighted by Gasteiger charge is -1.82. The van der Waals surface area contributed by atoms with Crippen molar-refractivity contribution in [2.45, 2.75) is 19.3 Å². The average Bonchev–Trinajstić information content (AvgIpc) is 2.50. The molecular formula is C6H7O2. The lowest BCUT2D eigenvalue weighted by molar-refractivity contribution is 0.279. The largest absolute Gasteiger partial charge is 0.282 e. The van der Waals surface area contributed by atoms with Crippen molar-refractivity contribution < 1.29 is 9.90 Å². The molecule has 0 N–H and O–H groups in total. The second kappa shape index (κ2) is 2.01. The Bertz CT molecular complexity index is 129. The lowest BCUT2D eigenvalue weighted by atomic mass is 10.3. The third kappa shape index (κ3) is 1.39. The molecule has 8 heavy (non-hydrogen) atoms. The van der Waals surface area contributed by atoms with E-state index in [1.54, 1.807) is 0 Å². The van der Waals surface area contributed by atoms with Crippen LogP contribution < -0.4 is 0 Å². The Morgan fingerprint density at radius 3 is 2.62 bits per heavy atom. The molecule has 0 aromatic rings. The van der Waals surface area contributed by atoms with Gasteiger partial charge in [0.05, 0.1) is 0 Å². The van der Waals surface area contributed by atoms with E-state index in [9.17, 15) is 9.90 Å². The molecule has 0 aromatic heterocycles. The molecule has 0 heterocycles. The van der Waals surface area contributed by atoms with E-state index < -0.39 is 0 Å². The van der Waals surface area contributed by atoms with Crippen LogP contribution in [0, 0.1) is 5.92 Å². The van der Waals surface area contributed by atoms with Gasteiger partial charge in [0, 0.05) is 6.42 Å². The summed E-state index contributed by atoms with van der Waals surface area (Å²) in [7, 11) is 0. The monoisotopic (exact) mass is 111 g/mol. The molecular weight excluding hydrogens is 104 g/mol. The first-order valence-corrected chi connectivity index (χ1v) is 2.74. The van der Waals surface area contributed by atoms with E-state index >= 15 is 0 Å². The Morgan fingerprint density at radius 2 is 2.25 bits per heavy atom. The van der Waals surface area contributed by atoms with Crippen LogP contribution >= 0.6 is 0 Å². The van der Waals surface area contributed by atoms with Gasteiger partial charge in [-0.3, -0.25) is 5.11 Å². The van der Waals surface area contributed by atoms with Gasteiger partial charge in [0.1, 0.15) is 0 Å². The highest BCUT2D eigenvalue weighted by atomic mass is 16.3. The molecule has 0 saturated heterocycles. The van der Waals surface area contributed by atoms with Crippen LogP contribution in [-0.2, 0) is 9.90 Å². The molecule has 0 spiro atoms. The second-order valence-corrected chi connectivity index (χ2v) is 2.17. The summed E-state index contributed by atoms with van der Waals surface area (Å²) in [5, 5.41) is 10.2. The van der Waals surface area contributed by atoms with E-state index in [-0.39, 0.29) is 5.76 Å². The summed E-state index contributed by atoms with van der Waals surface area (Å²) in [6.07, 6.45) is 2.67. The minimum atomic E-state index is -0.368.